The van der Waals surface area contributed by atoms with Crippen LogP contribution in [0.1, 0.15) is 19.4 Å². The summed E-state index contributed by atoms with van der Waals surface area (Å²) in [6, 6.07) is 4.81. The first-order chi connectivity index (χ1) is 8.85. The Hall–Kier alpha value is -2.24. The minimum atomic E-state index is -0.852. The second-order valence-corrected chi connectivity index (χ2v) is 5.02. The highest BCUT2D eigenvalue weighted by atomic mass is 16.5. The maximum absolute atomic E-state index is 12.0. The van der Waals surface area contributed by atoms with E-state index < -0.39 is 5.54 Å². The van der Waals surface area contributed by atoms with E-state index in [2.05, 4.69) is 5.32 Å². The fourth-order valence-corrected chi connectivity index (χ4v) is 2.03. The lowest BCUT2D eigenvalue weighted by atomic mass is 10.1. The number of benzene rings is 1. The molecule has 1 aromatic carbocycles. The van der Waals surface area contributed by atoms with Crippen molar-refractivity contribution in [2.75, 3.05) is 12.8 Å². The number of nitrogen functional groups attached to an aromatic ring is 1. The van der Waals surface area contributed by atoms with Crippen LogP contribution in [-0.2, 0) is 11.3 Å². The second-order valence-electron chi connectivity index (χ2n) is 5.02. The Bertz CT molecular complexity index is 540. The van der Waals surface area contributed by atoms with Crippen molar-refractivity contribution in [2.24, 2.45) is 0 Å². The molecule has 1 saturated heterocycles. The van der Waals surface area contributed by atoms with Crippen LogP contribution >= 0.6 is 0 Å². The number of carbonyl (C=O) groups excluding carboxylic acids is 2. The number of hydrogen-bond donors (Lipinski definition) is 2. The number of anilines is 1. The smallest absolute Gasteiger partial charge is 0.325 e. The summed E-state index contributed by atoms with van der Waals surface area (Å²) < 4.78 is 5.06. The largest absolute Gasteiger partial charge is 0.495 e. The molecule has 0 saturated carbocycles. The zero-order chi connectivity index (χ0) is 14.2. The molecule has 0 aromatic heterocycles. The summed E-state index contributed by atoms with van der Waals surface area (Å²) >= 11 is 0. The summed E-state index contributed by atoms with van der Waals surface area (Å²) in [4.78, 5) is 25.0. The minimum Gasteiger partial charge on any atom is -0.495 e. The van der Waals surface area contributed by atoms with Gasteiger partial charge in [0.25, 0.3) is 5.91 Å². The third-order valence-electron chi connectivity index (χ3n) is 3.08. The first kappa shape index (κ1) is 13.2. The van der Waals surface area contributed by atoms with E-state index in [1.807, 2.05) is 0 Å². The lowest BCUT2D eigenvalue weighted by Gasteiger charge is -2.16. The number of amides is 3. The highest BCUT2D eigenvalue weighted by Gasteiger charge is 2.44. The number of hydrogen-bond acceptors (Lipinski definition) is 4. The summed E-state index contributed by atoms with van der Waals surface area (Å²) in [6.07, 6.45) is 0. The Labute approximate surface area is 111 Å². The molecule has 19 heavy (non-hydrogen) atoms. The summed E-state index contributed by atoms with van der Waals surface area (Å²) in [5.74, 6) is 0.327. The van der Waals surface area contributed by atoms with Gasteiger partial charge in [-0.25, -0.2) is 4.79 Å². The maximum Gasteiger partial charge on any atom is 0.325 e. The monoisotopic (exact) mass is 263 g/mol. The SMILES string of the molecule is COc1ccc(CN2C(=O)NC(C)(C)C2=O)cc1N. The summed E-state index contributed by atoms with van der Waals surface area (Å²) in [7, 11) is 1.53. The van der Waals surface area contributed by atoms with E-state index in [0.717, 1.165) is 5.56 Å². The van der Waals surface area contributed by atoms with Crippen LogP contribution in [-0.4, -0.2) is 29.5 Å². The average molecular weight is 263 g/mol. The number of ether oxygens (including phenoxy) is 1. The zero-order valence-electron chi connectivity index (χ0n) is 11.2. The van der Waals surface area contributed by atoms with Gasteiger partial charge in [-0.3, -0.25) is 9.69 Å². The Morgan fingerprint density at radius 1 is 1.37 bits per heavy atom. The molecule has 0 radical (unpaired) electrons. The Morgan fingerprint density at radius 3 is 2.53 bits per heavy atom. The average Bonchev–Trinajstić information content (AvgIpc) is 2.52. The number of nitrogens with two attached hydrogens (primary N) is 1. The van der Waals surface area contributed by atoms with E-state index in [4.69, 9.17) is 10.5 Å². The van der Waals surface area contributed by atoms with Crippen LogP contribution in [0.4, 0.5) is 10.5 Å². The Kier molecular flexibility index (Phi) is 3.09. The van der Waals surface area contributed by atoms with Crippen LogP contribution in [0.15, 0.2) is 18.2 Å². The fourth-order valence-electron chi connectivity index (χ4n) is 2.03. The van der Waals surface area contributed by atoms with Crippen LogP contribution in [0.2, 0.25) is 0 Å². The lowest BCUT2D eigenvalue weighted by molar-refractivity contribution is -0.130. The molecule has 1 aliphatic rings. The molecule has 0 bridgehead atoms. The van der Waals surface area contributed by atoms with Gasteiger partial charge in [-0.1, -0.05) is 6.07 Å². The van der Waals surface area contributed by atoms with Gasteiger partial charge in [0.2, 0.25) is 0 Å². The molecule has 3 N–H and O–H groups in total. The van der Waals surface area contributed by atoms with E-state index in [0.29, 0.717) is 11.4 Å². The van der Waals surface area contributed by atoms with Crippen LogP contribution in [0, 0.1) is 0 Å². The van der Waals surface area contributed by atoms with E-state index in [1.165, 1.54) is 12.0 Å². The van der Waals surface area contributed by atoms with Crippen molar-refractivity contribution in [3.8, 4) is 5.75 Å². The van der Waals surface area contributed by atoms with Crippen molar-refractivity contribution in [1.29, 1.82) is 0 Å². The van der Waals surface area contributed by atoms with Gasteiger partial charge in [0, 0.05) is 0 Å². The molecule has 0 atom stereocenters. The Balaban J connectivity index is 2.20. The molecule has 6 nitrogen and oxygen atoms in total. The topological polar surface area (TPSA) is 84.7 Å². The molecular formula is C13H17N3O3. The number of urea groups is 1. The van der Waals surface area contributed by atoms with E-state index in [9.17, 15) is 9.59 Å². The summed E-state index contributed by atoms with van der Waals surface area (Å²) in [6.45, 7) is 3.55. The van der Waals surface area contributed by atoms with Crippen molar-refractivity contribution in [3.63, 3.8) is 0 Å². The number of nitrogens with one attached hydrogen (secondary N) is 1. The molecule has 1 heterocycles. The van der Waals surface area contributed by atoms with E-state index in [-0.39, 0.29) is 18.5 Å². The fraction of sp³-hybridized carbons (Fsp3) is 0.385. The van der Waals surface area contributed by atoms with E-state index >= 15 is 0 Å². The first-order valence-electron chi connectivity index (χ1n) is 5.91. The Morgan fingerprint density at radius 2 is 2.05 bits per heavy atom. The quantitative estimate of drug-likeness (QED) is 0.632. The molecule has 102 valence electrons. The van der Waals surface area contributed by atoms with Gasteiger partial charge in [0.05, 0.1) is 19.3 Å². The van der Waals surface area contributed by atoms with Crippen LogP contribution in [0.25, 0.3) is 0 Å². The zero-order valence-corrected chi connectivity index (χ0v) is 11.2. The molecular weight excluding hydrogens is 246 g/mol. The van der Waals surface area contributed by atoms with Gasteiger partial charge in [0.1, 0.15) is 11.3 Å². The summed E-state index contributed by atoms with van der Waals surface area (Å²) in [5.41, 5.74) is 6.20. The number of methoxy groups -OCH3 is 1. The van der Waals surface area contributed by atoms with Crippen LogP contribution in [0.3, 0.4) is 0 Å². The number of carbonyl (C=O) groups is 2. The van der Waals surface area contributed by atoms with E-state index in [1.54, 1.807) is 32.0 Å². The van der Waals surface area contributed by atoms with Crippen LogP contribution in [0.5, 0.6) is 5.75 Å². The van der Waals surface area contributed by atoms with Crippen molar-refractivity contribution < 1.29 is 14.3 Å². The highest BCUT2D eigenvalue weighted by molar-refractivity contribution is 6.06. The molecule has 0 unspecified atom stereocenters. The standard InChI is InChI=1S/C13H17N3O3/c1-13(2)11(17)16(12(18)15-13)7-8-4-5-10(19-3)9(14)6-8/h4-6H,7,14H2,1-3H3,(H,15,18). The van der Waals surface area contributed by atoms with Crippen molar-refractivity contribution >= 4 is 17.6 Å². The molecule has 3 amide bonds. The predicted molar refractivity (Wildman–Crippen MR) is 70.6 cm³/mol. The predicted octanol–water partition coefficient (Wildman–Crippen LogP) is 1.11. The summed E-state index contributed by atoms with van der Waals surface area (Å²) in [5, 5.41) is 2.63. The van der Waals surface area contributed by atoms with Crippen molar-refractivity contribution in [3.05, 3.63) is 23.8 Å². The maximum atomic E-state index is 12.0. The van der Waals surface area contributed by atoms with Gasteiger partial charge in [-0.05, 0) is 31.5 Å². The molecule has 6 heteroatoms. The van der Waals surface area contributed by atoms with Gasteiger partial charge >= 0.3 is 6.03 Å². The first-order valence-corrected chi connectivity index (χ1v) is 5.91. The van der Waals surface area contributed by atoms with Gasteiger partial charge in [-0.15, -0.1) is 0 Å². The van der Waals surface area contributed by atoms with Gasteiger partial charge in [-0.2, -0.15) is 0 Å². The normalized spacial score (nSPS) is 17.5. The van der Waals surface area contributed by atoms with Gasteiger partial charge < -0.3 is 15.8 Å². The molecule has 1 fully saturated rings. The molecule has 1 aliphatic heterocycles. The molecule has 2 rings (SSSR count). The number of imide groups is 1. The number of rotatable bonds is 3. The van der Waals surface area contributed by atoms with Gasteiger partial charge in [0.15, 0.2) is 0 Å². The highest BCUT2D eigenvalue weighted by Crippen LogP contribution is 2.24. The third kappa shape index (κ3) is 2.33. The molecule has 0 aliphatic carbocycles. The second kappa shape index (κ2) is 4.46. The van der Waals surface area contributed by atoms with Crippen molar-refractivity contribution in [2.45, 2.75) is 25.9 Å². The lowest BCUT2D eigenvalue weighted by Crippen LogP contribution is -2.40. The minimum absolute atomic E-state index is 0.197. The molecule has 0 spiro atoms. The number of nitrogens with zero attached hydrogens (tertiary/aromatic N) is 1. The van der Waals surface area contributed by atoms with Crippen molar-refractivity contribution in [1.82, 2.24) is 10.2 Å². The van der Waals surface area contributed by atoms with Crippen LogP contribution < -0.4 is 15.8 Å². The molecule has 1 aromatic rings. The third-order valence-corrected chi connectivity index (χ3v) is 3.08.